The van der Waals surface area contributed by atoms with Gasteiger partial charge in [-0.2, -0.15) is 0 Å². The van der Waals surface area contributed by atoms with Crippen molar-refractivity contribution >= 4 is 17.5 Å². The van der Waals surface area contributed by atoms with Crippen molar-refractivity contribution in [2.24, 2.45) is 0 Å². The van der Waals surface area contributed by atoms with Crippen LogP contribution in [0, 0.1) is 0 Å². The maximum absolute atomic E-state index is 12.3. The Morgan fingerprint density at radius 2 is 2.05 bits per heavy atom. The number of hydrogen-bond acceptors (Lipinski definition) is 3. The molecule has 0 aliphatic carbocycles. The molecule has 0 fully saturated rings. The van der Waals surface area contributed by atoms with Crippen LogP contribution in [0.3, 0.4) is 0 Å². The molecule has 0 radical (unpaired) electrons. The molecule has 1 amide bonds. The van der Waals surface area contributed by atoms with E-state index < -0.39 is 0 Å². The molecule has 0 saturated carbocycles. The largest absolute Gasteiger partial charge is 0.480 e. The minimum absolute atomic E-state index is 0.254. The Labute approximate surface area is 122 Å². The summed E-state index contributed by atoms with van der Waals surface area (Å²) >= 11 is 5.95. The average molecular weight is 291 g/mol. The summed E-state index contributed by atoms with van der Waals surface area (Å²) in [4.78, 5) is 16.3. The number of nitrogens with one attached hydrogen (secondary N) is 1. The van der Waals surface area contributed by atoms with Crippen LogP contribution in [-0.2, 0) is 0 Å². The first-order valence-electron chi connectivity index (χ1n) is 6.17. The highest BCUT2D eigenvalue weighted by Gasteiger charge is 2.18. The van der Waals surface area contributed by atoms with E-state index in [1.165, 1.54) is 7.11 Å². The monoisotopic (exact) mass is 290 g/mol. The number of benzene rings is 1. The Hall–Kier alpha value is -2.07. The molecule has 1 heterocycles. The average Bonchev–Trinajstić information content (AvgIpc) is 2.53. The highest BCUT2D eigenvalue weighted by molar-refractivity contribution is 6.18. The van der Waals surface area contributed by atoms with E-state index in [4.69, 9.17) is 16.3 Å². The number of hydrogen-bond donors (Lipinski definition) is 1. The maximum Gasteiger partial charge on any atom is 0.257 e. The third-order valence-electron chi connectivity index (χ3n) is 2.87. The molecule has 0 aliphatic rings. The Morgan fingerprint density at radius 3 is 2.70 bits per heavy atom. The number of halogens is 1. The Morgan fingerprint density at radius 1 is 1.30 bits per heavy atom. The first kappa shape index (κ1) is 14.3. The summed E-state index contributed by atoms with van der Waals surface area (Å²) in [7, 11) is 1.48. The van der Waals surface area contributed by atoms with Gasteiger partial charge in [0.05, 0.1) is 13.2 Å². The molecule has 5 heteroatoms. The van der Waals surface area contributed by atoms with Crippen LogP contribution in [0.5, 0.6) is 5.88 Å². The zero-order chi connectivity index (χ0) is 14.4. The lowest BCUT2D eigenvalue weighted by molar-refractivity contribution is 0.0936. The summed E-state index contributed by atoms with van der Waals surface area (Å²) < 4.78 is 5.08. The van der Waals surface area contributed by atoms with Gasteiger partial charge in [0.25, 0.3) is 5.91 Å². The predicted molar refractivity (Wildman–Crippen MR) is 78.2 cm³/mol. The van der Waals surface area contributed by atoms with Crippen LogP contribution in [0.1, 0.15) is 22.0 Å². The topological polar surface area (TPSA) is 51.2 Å². The van der Waals surface area contributed by atoms with Gasteiger partial charge in [0.2, 0.25) is 5.88 Å². The standard InChI is InChI=1S/C15H15ClN2O2/c1-20-15-12(8-5-9-17-15)14(19)18-13(10-16)11-6-3-2-4-7-11/h2-9,13H,10H2,1H3,(H,18,19). The van der Waals surface area contributed by atoms with E-state index in [1.54, 1.807) is 18.3 Å². The second kappa shape index (κ2) is 6.91. The van der Waals surface area contributed by atoms with Crippen molar-refractivity contribution in [2.45, 2.75) is 6.04 Å². The minimum Gasteiger partial charge on any atom is -0.480 e. The lowest BCUT2D eigenvalue weighted by atomic mass is 10.1. The van der Waals surface area contributed by atoms with E-state index >= 15 is 0 Å². The molecular formula is C15H15ClN2O2. The first-order chi connectivity index (χ1) is 9.76. The molecule has 1 atom stereocenters. The lowest BCUT2D eigenvalue weighted by Gasteiger charge is -2.17. The van der Waals surface area contributed by atoms with Crippen LogP contribution in [-0.4, -0.2) is 23.9 Å². The highest BCUT2D eigenvalue weighted by Crippen LogP contribution is 2.18. The van der Waals surface area contributed by atoms with Crippen LogP contribution in [0.2, 0.25) is 0 Å². The molecule has 1 aromatic heterocycles. The third kappa shape index (κ3) is 3.27. The van der Waals surface area contributed by atoms with Crippen molar-refractivity contribution in [3.05, 3.63) is 59.8 Å². The minimum atomic E-state index is -0.260. The summed E-state index contributed by atoms with van der Waals surface area (Å²) in [5, 5.41) is 2.88. The summed E-state index contributed by atoms with van der Waals surface area (Å²) in [6, 6.07) is 12.7. The number of carbonyl (C=O) groups is 1. The number of nitrogens with zero attached hydrogens (tertiary/aromatic N) is 1. The smallest absolute Gasteiger partial charge is 0.257 e. The maximum atomic E-state index is 12.3. The fourth-order valence-electron chi connectivity index (χ4n) is 1.86. The van der Waals surface area contributed by atoms with E-state index in [0.717, 1.165) is 5.56 Å². The zero-order valence-electron chi connectivity index (χ0n) is 11.0. The molecule has 20 heavy (non-hydrogen) atoms. The fraction of sp³-hybridized carbons (Fsp3) is 0.200. The quantitative estimate of drug-likeness (QED) is 0.862. The number of carbonyl (C=O) groups excluding carboxylic acids is 1. The molecule has 0 bridgehead atoms. The molecule has 4 nitrogen and oxygen atoms in total. The number of pyridine rings is 1. The van der Waals surface area contributed by atoms with Gasteiger partial charge in [0, 0.05) is 12.1 Å². The fourth-order valence-corrected chi connectivity index (χ4v) is 2.11. The molecule has 0 saturated heterocycles. The van der Waals surface area contributed by atoms with E-state index in [2.05, 4.69) is 10.3 Å². The van der Waals surface area contributed by atoms with E-state index in [-0.39, 0.29) is 11.9 Å². The highest BCUT2D eigenvalue weighted by atomic mass is 35.5. The summed E-state index contributed by atoms with van der Waals surface area (Å²) in [6.45, 7) is 0. The van der Waals surface area contributed by atoms with Gasteiger partial charge >= 0.3 is 0 Å². The van der Waals surface area contributed by atoms with Crippen LogP contribution in [0.4, 0.5) is 0 Å². The summed E-state index contributed by atoms with van der Waals surface area (Å²) in [6.07, 6.45) is 1.58. The molecule has 1 N–H and O–H groups in total. The SMILES string of the molecule is COc1ncccc1C(=O)NC(CCl)c1ccccc1. The van der Waals surface area contributed by atoms with Gasteiger partial charge in [-0.3, -0.25) is 4.79 Å². The number of alkyl halides is 1. The van der Waals surface area contributed by atoms with Gasteiger partial charge in [-0.25, -0.2) is 4.98 Å². The first-order valence-corrected chi connectivity index (χ1v) is 6.70. The van der Waals surface area contributed by atoms with Crippen molar-refractivity contribution in [1.82, 2.24) is 10.3 Å². The van der Waals surface area contributed by atoms with Gasteiger partial charge in [0.15, 0.2) is 0 Å². The molecule has 1 unspecified atom stereocenters. The number of amides is 1. The Kier molecular flexibility index (Phi) is 4.96. The number of aromatic nitrogens is 1. The summed E-state index contributed by atoms with van der Waals surface area (Å²) in [5.74, 6) is 0.328. The number of methoxy groups -OCH3 is 1. The van der Waals surface area contributed by atoms with E-state index in [1.807, 2.05) is 30.3 Å². The number of rotatable bonds is 5. The Bertz CT molecular complexity index is 575. The van der Waals surface area contributed by atoms with Gasteiger partial charge in [-0.15, -0.1) is 11.6 Å². The second-order valence-electron chi connectivity index (χ2n) is 4.15. The van der Waals surface area contributed by atoms with Gasteiger partial charge in [0.1, 0.15) is 5.56 Å². The summed E-state index contributed by atoms with van der Waals surface area (Å²) in [5.41, 5.74) is 1.35. The van der Waals surface area contributed by atoms with Gasteiger partial charge in [-0.05, 0) is 17.7 Å². The van der Waals surface area contributed by atoms with Crippen LogP contribution >= 0.6 is 11.6 Å². The molecule has 2 aromatic rings. The predicted octanol–water partition coefficient (Wildman–Crippen LogP) is 2.80. The van der Waals surface area contributed by atoms with Crippen molar-refractivity contribution in [3.8, 4) is 5.88 Å². The van der Waals surface area contributed by atoms with Crippen molar-refractivity contribution in [3.63, 3.8) is 0 Å². The van der Waals surface area contributed by atoms with Gasteiger partial charge < -0.3 is 10.1 Å². The third-order valence-corrected chi connectivity index (χ3v) is 3.18. The van der Waals surface area contributed by atoms with E-state index in [0.29, 0.717) is 17.3 Å². The number of ether oxygens (including phenoxy) is 1. The zero-order valence-corrected chi connectivity index (χ0v) is 11.8. The molecular weight excluding hydrogens is 276 g/mol. The van der Waals surface area contributed by atoms with Crippen LogP contribution in [0.15, 0.2) is 48.7 Å². The normalized spacial score (nSPS) is 11.7. The van der Waals surface area contributed by atoms with Gasteiger partial charge in [-0.1, -0.05) is 30.3 Å². The molecule has 2 rings (SSSR count). The second-order valence-corrected chi connectivity index (χ2v) is 4.46. The molecule has 0 spiro atoms. The van der Waals surface area contributed by atoms with Crippen LogP contribution < -0.4 is 10.1 Å². The Balaban J connectivity index is 2.18. The van der Waals surface area contributed by atoms with Crippen molar-refractivity contribution in [2.75, 3.05) is 13.0 Å². The molecule has 1 aromatic carbocycles. The lowest BCUT2D eigenvalue weighted by Crippen LogP contribution is -2.30. The van der Waals surface area contributed by atoms with Crippen molar-refractivity contribution in [1.29, 1.82) is 0 Å². The van der Waals surface area contributed by atoms with Crippen molar-refractivity contribution < 1.29 is 9.53 Å². The molecule has 104 valence electrons. The van der Waals surface area contributed by atoms with E-state index in [9.17, 15) is 4.79 Å². The molecule has 0 aliphatic heterocycles. The van der Waals surface area contributed by atoms with Crippen LogP contribution in [0.25, 0.3) is 0 Å².